The summed E-state index contributed by atoms with van der Waals surface area (Å²) in [6.45, 7) is 1.52. The molecule has 0 aliphatic carbocycles. The Morgan fingerprint density at radius 3 is 2.24 bits per heavy atom. The largest absolute Gasteiger partial charge is 0.323 e. The highest BCUT2D eigenvalue weighted by molar-refractivity contribution is 9.10. The van der Waals surface area contributed by atoms with Crippen molar-refractivity contribution >= 4 is 54.8 Å². The van der Waals surface area contributed by atoms with Gasteiger partial charge in [-0.2, -0.15) is 0 Å². The Hall–Kier alpha value is -2.35. The second kappa shape index (κ2) is 8.98. The number of sulfonamides is 1. The third kappa shape index (κ3) is 5.18. The second-order valence-corrected chi connectivity index (χ2v) is 9.48. The minimum absolute atomic E-state index is 0.0520. The van der Waals surface area contributed by atoms with E-state index >= 15 is 0 Å². The third-order valence-electron chi connectivity index (χ3n) is 4.16. The van der Waals surface area contributed by atoms with Crippen molar-refractivity contribution in [3.8, 4) is 0 Å². The van der Waals surface area contributed by atoms with Crippen molar-refractivity contribution in [3.05, 3.63) is 87.9 Å². The zero-order valence-corrected chi connectivity index (χ0v) is 18.6. The fraction of sp³-hybridized carbons (Fsp3) is 0.0952. The summed E-state index contributed by atoms with van der Waals surface area (Å²) in [5, 5.41) is 3.17. The van der Waals surface area contributed by atoms with Gasteiger partial charge >= 0.3 is 0 Å². The van der Waals surface area contributed by atoms with Crippen molar-refractivity contribution in [1.82, 2.24) is 0 Å². The lowest BCUT2D eigenvalue weighted by molar-refractivity contribution is -0.114. The quantitative estimate of drug-likeness (QED) is 0.510. The van der Waals surface area contributed by atoms with Gasteiger partial charge in [-0.05, 0) is 71.4 Å². The highest BCUT2D eigenvalue weighted by Crippen LogP contribution is 2.26. The van der Waals surface area contributed by atoms with E-state index in [0.717, 1.165) is 9.87 Å². The van der Waals surface area contributed by atoms with Gasteiger partial charge in [0.05, 0.1) is 16.3 Å². The molecule has 0 atom stereocenters. The van der Waals surface area contributed by atoms with Gasteiger partial charge in [-0.1, -0.05) is 41.4 Å². The summed E-state index contributed by atoms with van der Waals surface area (Å²) < 4.78 is 28.3. The van der Waals surface area contributed by atoms with Crippen molar-refractivity contribution in [2.45, 2.75) is 11.8 Å². The first-order valence-corrected chi connectivity index (χ1v) is 11.3. The van der Waals surface area contributed by atoms with Crippen LogP contribution in [0.5, 0.6) is 0 Å². The number of rotatable bonds is 6. The van der Waals surface area contributed by atoms with Crippen LogP contribution in [0, 0.1) is 6.92 Å². The van der Waals surface area contributed by atoms with Gasteiger partial charge in [-0.25, -0.2) is 8.42 Å². The Kier molecular flexibility index (Phi) is 6.62. The molecule has 1 amide bonds. The van der Waals surface area contributed by atoms with Crippen molar-refractivity contribution in [1.29, 1.82) is 0 Å². The van der Waals surface area contributed by atoms with E-state index in [1.165, 1.54) is 24.3 Å². The normalized spacial score (nSPS) is 11.1. The maximum absolute atomic E-state index is 13.3. The smallest absolute Gasteiger partial charge is 0.264 e. The van der Waals surface area contributed by atoms with Gasteiger partial charge in [-0.3, -0.25) is 9.10 Å². The van der Waals surface area contributed by atoms with Gasteiger partial charge in [0.25, 0.3) is 10.0 Å². The van der Waals surface area contributed by atoms with Crippen LogP contribution in [0.15, 0.2) is 82.2 Å². The molecule has 0 aliphatic heterocycles. The Morgan fingerprint density at radius 1 is 1.00 bits per heavy atom. The Labute approximate surface area is 183 Å². The van der Waals surface area contributed by atoms with E-state index in [0.29, 0.717) is 20.9 Å². The number of amides is 1. The second-order valence-electron chi connectivity index (χ2n) is 6.33. The van der Waals surface area contributed by atoms with E-state index in [-0.39, 0.29) is 11.4 Å². The van der Waals surface area contributed by atoms with Gasteiger partial charge < -0.3 is 5.32 Å². The van der Waals surface area contributed by atoms with E-state index in [4.69, 9.17) is 11.6 Å². The fourth-order valence-electron chi connectivity index (χ4n) is 2.64. The zero-order valence-electron chi connectivity index (χ0n) is 15.5. The van der Waals surface area contributed by atoms with Crippen molar-refractivity contribution in [3.63, 3.8) is 0 Å². The van der Waals surface area contributed by atoms with Crippen LogP contribution in [0.1, 0.15) is 5.56 Å². The maximum atomic E-state index is 13.3. The molecular weight excluding hydrogens is 476 g/mol. The first kappa shape index (κ1) is 21.4. The highest BCUT2D eigenvalue weighted by Gasteiger charge is 2.27. The molecule has 0 aromatic heterocycles. The summed E-state index contributed by atoms with van der Waals surface area (Å²) in [5.74, 6) is -0.463. The summed E-state index contributed by atoms with van der Waals surface area (Å²) in [6, 6.07) is 19.9. The number of nitrogens with zero attached hydrogens (tertiary/aromatic N) is 1. The highest BCUT2D eigenvalue weighted by atomic mass is 79.9. The Bertz CT molecular complexity index is 1120. The van der Waals surface area contributed by atoms with Crippen LogP contribution < -0.4 is 9.62 Å². The molecule has 3 aromatic rings. The molecule has 0 radical (unpaired) electrons. The van der Waals surface area contributed by atoms with Crippen LogP contribution in [0.2, 0.25) is 5.02 Å². The first-order valence-electron chi connectivity index (χ1n) is 8.67. The molecular formula is C21H18BrClN2O3S. The maximum Gasteiger partial charge on any atom is 0.264 e. The number of hydrogen-bond donors (Lipinski definition) is 1. The molecule has 0 spiro atoms. The van der Waals surface area contributed by atoms with Crippen LogP contribution >= 0.6 is 27.5 Å². The van der Waals surface area contributed by atoms with E-state index < -0.39 is 15.9 Å². The third-order valence-corrected chi connectivity index (χ3v) is 6.89. The molecule has 150 valence electrons. The molecule has 0 heterocycles. The average molecular weight is 494 g/mol. The van der Waals surface area contributed by atoms with Crippen LogP contribution in [-0.2, 0) is 14.8 Å². The van der Waals surface area contributed by atoms with Crippen LogP contribution in [-0.4, -0.2) is 20.9 Å². The fourth-order valence-corrected chi connectivity index (χ4v) is 4.57. The molecule has 3 aromatic carbocycles. The Balaban J connectivity index is 1.95. The van der Waals surface area contributed by atoms with Gasteiger partial charge in [-0.15, -0.1) is 0 Å². The van der Waals surface area contributed by atoms with E-state index in [1.54, 1.807) is 42.5 Å². The topological polar surface area (TPSA) is 66.5 Å². The number of anilines is 2. The molecule has 8 heteroatoms. The van der Waals surface area contributed by atoms with Crippen molar-refractivity contribution in [2.75, 3.05) is 16.2 Å². The van der Waals surface area contributed by atoms with Gasteiger partial charge in [0.1, 0.15) is 6.54 Å². The molecule has 29 heavy (non-hydrogen) atoms. The standard InChI is InChI=1S/C21H18BrClN2O3S/c1-15-6-10-17(11-7-15)25(29(27,28)18-12-8-16(23)9-13-18)14-21(26)24-20-5-3-2-4-19(20)22/h2-13H,14H2,1H3,(H,24,26). The van der Waals surface area contributed by atoms with Gasteiger partial charge in [0.15, 0.2) is 0 Å². The summed E-state index contributed by atoms with van der Waals surface area (Å²) in [4.78, 5) is 12.7. The average Bonchev–Trinajstić information content (AvgIpc) is 2.69. The number of para-hydroxylation sites is 1. The number of halogens is 2. The lowest BCUT2D eigenvalue weighted by Gasteiger charge is -2.24. The molecule has 5 nitrogen and oxygen atoms in total. The number of benzene rings is 3. The monoisotopic (exact) mass is 492 g/mol. The number of carbonyl (C=O) groups is 1. The molecule has 0 saturated carbocycles. The first-order chi connectivity index (χ1) is 13.8. The summed E-state index contributed by atoms with van der Waals surface area (Å²) in [5.41, 5.74) is 1.94. The SMILES string of the molecule is Cc1ccc(N(CC(=O)Nc2ccccc2Br)S(=O)(=O)c2ccc(Cl)cc2)cc1. The molecule has 1 N–H and O–H groups in total. The predicted octanol–water partition coefficient (Wildman–Crippen LogP) is 5.24. The summed E-state index contributed by atoms with van der Waals surface area (Å²) in [7, 11) is -3.98. The predicted molar refractivity (Wildman–Crippen MR) is 120 cm³/mol. The zero-order chi connectivity index (χ0) is 21.0. The molecule has 0 fully saturated rings. The van der Waals surface area contributed by atoms with Gasteiger partial charge in [0, 0.05) is 9.50 Å². The minimum Gasteiger partial charge on any atom is -0.323 e. The molecule has 3 rings (SSSR count). The molecule has 0 aliphatic rings. The number of carbonyl (C=O) groups excluding carboxylic acids is 1. The van der Waals surface area contributed by atoms with Crippen molar-refractivity contribution < 1.29 is 13.2 Å². The van der Waals surface area contributed by atoms with E-state index in [2.05, 4.69) is 21.2 Å². The van der Waals surface area contributed by atoms with Crippen LogP contribution in [0.4, 0.5) is 11.4 Å². The summed E-state index contributed by atoms with van der Waals surface area (Å²) in [6.07, 6.45) is 0. The molecule has 0 bridgehead atoms. The molecule has 0 unspecified atom stereocenters. The minimum atomic E-state index is -3.98. The number of nitrogens with one attached hydrogen (secondary N) is 1. The van der Waals surface area contributed by atoms with Crippen LogP contribution in [0.3, 0.4) is 0 Å². The lowest BCUT2D eigenvalue weighted by Crippen LogP contribution is -2.38. The number of hydrogen-bond acceptors (Lipinski definition) is 3. The lowest BCUT2D eigenvalue weighted by atomic mass is 10.2. The van der Waals surface area contributed by atoms with E-state index in [1.807, 2.05) is 13.0 Å². The van der Waals surface area contributed by atoms with Gasteiger partial charge in [0.2, 0.25) is 5.91 Å². The van der Waals surface area contributed by atoms with E-state index in [9.17, 15) is 13.2 Å². The Morgan fingerprint density at radius 2 is 1.62 bits per heavy atom. The van der Waals surface area contributed by atoms with Crippen molar-refractivity contribution in [2.24, 2.45) is 0 Å². The summed E-state index contributed by atoms with van der Waals surface area (Å²) >= 11 is 9.26. The molecule has 0 saturated heterocycles. The number of aryl methyl sites for hydroxylation is 1. The van der Waals surface area contributed by atoms with Crippen LogP contribution in [0.25, 0.3) is 0 Å².